The van der Waals surface area contributed by atoms with Gasteiger partial charge in [0.25, 0.3) is 5.91 Å². The first-order valence-corrected chi connectivity index (χ1v) is 10.1. The van der Waals surface area contributed by atoms with Gasteiger partial charge in [-0.25, -0.2) is 9.37 Å². The number of aryl methyl sites for hydroxylation is 1. The van der Waals surface area contributed by atoms with Crippen molar-refractivity contribution in [1.29, 1.82) is 0 Å². The van der Waals surface area contributed by atoms with Gasteiger partial charge >= 0.3 is 0 Å². The van der Waals surface area contributed by atoms with Crippen molar-refractivity contribution in [3.05, 3.63) is 58.2 Å². The molecule has 4 nitrogen and oxygen atoms in total. The molecule has 1 aliphatic rings. The van der Waals surface area contributed by atoms with Crippen LogP contribution < -0.4 is 4.90 Å². The van der Waals surface area contributed by atoms with Crippen molar-refractivity contribution in [2.75, 3.05) is 31.1 Å². The van der Waals surface area contributed by atoms with E-state index in [1.807, 2.05) is 29.5 Å². The molecule has 0 unspecified atom stereocenters. The van der Waals surface area contributed by atoms with Gasteiger partial charge in [-0.2, -0.15) is 0 Å². The van der Waals surface area contributed by atoms with Crippen LogP contribution in [0, 0.1) is 12.7 Å². The van der Waals surface area contributed by atoms with Crippen LogP contribution in [-0.4, -0.2) is 42.0 Å². The average Bonchev–Trinajstić information content (AvgIpc) is 3.32. The normalized spacial score (nSPS) is 14.7. The van der Waals surface area contributed by atoms with E-state index in [1.54, 1.807) is 23.5 Å². The highest BCUT2D eigenvalue weighted by Crippen LogP contribution is 2.33. The van der Waals surface area contributed by atoms with Crippen LogP contribution in [0.3, 0.4) is 0 Å². The number of hydrogen-bond acceptors (Lipinski definition) is 5. The monoisotopic (exact) mass is 387 g/mol. The molecule has 1 saturated heterocycles. The van der Waals surface area contributed by atoms with Crippen molar-refractivity contribution in [1.82, 2.24) is 9.88 Å². The van der Waals surface area contributed by atoms with Crippen LogP contribution in [0.1, 0.15) is 15.2 Å². The molecule has 3 aromatic rings. The zero-order valence-corrected chi connectivity index (χ0v) is 15.9. The smallest absolute Gasteiger partial charge is 0.264 e. The number of benzene rings is 1. The minimum atomic E-state index is -0.252. The van der Waals surface area contributed by atoms with E-state index in [9.17, 15) is 9.18 Å². The predicted molar refractivity (Wildman–Crippen MR) is 105 cm³/mol. The Morgan fingerprint density at radius 3 is 2.54 bits per heavy atom. The minimum Gasteiger partial charge on any atom is -0.345 e. The summed E-state index contributed by atoms with van der Waals surface area (Å²) in [6.07, 6.45) is 1.81. The van der Waals surface area contributed by atoms with Crippen LogP contribution in [0.5, 0.6) is 0 Å². The Bertz CT molecular complexity index is 898. The van der Waals surface area contributed by atoms with E-state index in [0.29, 0.717) is 13.1 Å². The summed E-state index contributed by atoms with van der Waals surface area (Å²) in [7, 11) is 0. The van der Waals surface area contributed by atoms with Gasteiger partial charge in [0.05, 0.1) is 4.88 Å². The van der Waals surface area contributed by atoms with Crippen LogP contribution in [0.15, 0.2) is 41.9 Å². The van der Waals surface area contributed by atoms with Gasteiger partial charge < -0.3 is 9.80 Å². The highest BCUT2D eigenvalue weighted by Gasteiger charge is 2.25. The largest absolute Gasteiger partial charge is 0.345 e. The first kappa shape index (κ1) is 17.2. The third-order valence-electron chi connectivity index (χ3n) is 4.49. The van der Waals surface area contributed by atoms with Crippen molar-refractivity contribution < 1.29 is 9.18 Å². The van der Waals surface area contributed by atoms with Gasteiger partial charge in [0.1, 0.15) is 5.82 Å². The summed E-state index contributed by atoms with van der Waals surface area (Å²) in [5.74, 6) is -0.178. The molecule has 1 amide bonds. The lowest BCUT2D eigenvalue weighted by Crippen LogP contribution is -2.48. The molecule has 3 heterocycles. The van der Waals surface area contributed by atoms with Crippen LogP contribution in [0.25, 0.3) is 10.4 Å². The van der Waals surface area contributed by atoms with E-state index in [0.717, 1.165) is 39.1 Å². The molecular formula is C19H18FN3OS2. The fourth-order valence-corrected chi connectivity index (χ4v) is 4.95. The number of halogens is 1. The van der Waals surface area contributed by atoms with Crippen LogP contribution >= 0.6 is 22.7 Å². The number of piperazine rings is 1. The average molecular weight is 388 g/mol. The maximum atomic E-state index is 13.1. The zero-order chi connectivity index (χ0) is 18.1. The summed E-state index contributed by atoms with van der Waals surface area (Å²) in [5, 5.41) is 2.99. The Labute approximate surface area is 159 Å². The summed E-state index contributed by atoms with van der Waals surface area (Å²) >= 11 is 3.11. The molecule has 2 aromatic heterocycles. The second-order valence-corrected chi connectivity index (χ2v) is 8.15. The van der Waals surface area contributed by atoms with E-state index in [2.05, 4.69) is 9.88 Å². The van der Waals surface area contributed by atoms with Gasteiger partial charge in [-0.15, -0.1) is 22.7 Å². The maximum absolute atomic E-state index is 13.1. The zero-order valence-electron chi connectivity index (χ0n) is 14.3. The van der Waals surface area contributed by atoms with E-state index in [1.165, 1.54) is 23.5 Å². The number of amides is 1. The maximum Gasteiger partial charge on any atom is 0.264 e. The van der Waals surface area contributed by atoms with Crippen LogP contribution in [0.2, 0.25) is 0 Å². The molecule has 7 heteroatoms. The lowest BCUT2D eigenvalue weighted by atomic mass is 10.1. The number of carbonyl (C=O) groups excluding carboxylic acids is 1. The summed E-state index contributed by atoms with van der Waals surface area (Å²) in [6, 6.07) is 8.37. The number of aromatic nitrogens is 1. The fourth-order valence-electron chi connectivity index (χ4n) is 3.10. The molecule has 0 spiro atoms. The molecule has 1 fully saturated rings. The molecule has 134 valence electrons. The number of anilines is 1. The van der Waals surface area contributed by atoms with E-state index in [4.69, 9.17) is 0 Å². The van der Waals surface area contributed by atoms with Crippen molar-refractivity contribution in [3.8, 4) is 10.4 Å². The predicted octanol–water partition coefficient (Wildman–Crippen LogP) is 4.28. The van der Waals surface area contributed by atoms with E-state index in [-0.39, 0.29) is 11.7 Å². The van der Waals surface area contributed by atoms with Crippen LogP contribution in [-0.2, 0) is 0 Å². The van der Waals surface area contributed by atoms with Crippen molar-refractivity contribution in [2.24, 2.45) is 0 Å². The van der Waals surface area contributed by atoms with Gasteiger partial charge in [-0.3, -0.25) is 4.79 Å². The summed E-state index contributed by atoms with van der Waals surface area (Å²) < 4.78 is 13.1. The van der Waals surface area contributed by atoms with Gasteiger partial charge in [-0.05, 0) is 36.2 Å². The Morgan fingerprint density at radius 2 is 1.88 bits per heavy atom. The highest BCUT2D eigenvalue weighted by atomic mass is 32.1. The number of hydrogen-bond donors (Lipinski definition) is 0. The van der Waals surface area contributed by atoms with Crippen LogP contribution in [0.4, 0.5) is 9.52 Å². The number of carbonyl (C=O) groups is 1. The van der Waals surface area contributed by atoms with Gasteiger partial charge in [0, 0.05) is 42.6 Å². The van der Waals surface area contributed by atoms with Gasteiger partial charge in [0.15, 0.2) is 5.13 Å². The molecule has 0 atom stereocenters. The molecule has 0 bridgehead atoms. The molecule has 26 heavy (non-hydrogen) atoms. The Kier molecular flexibility index (Phi) is 4.74. The summed E-state index contributed by atoms with van der Waals surface area (Å²) in [5.41, 5.74) is 1.99. The molecule has 1 aliphatic heterocycles. The molecular weight excluding hydrogens is 369 g/mol. The second kappa shape index (κ2) is 7.17. The van der Waals surface area contributed by atoms with Gasteiger partial charge in [0.2, 0.25) is 0 Å². The SMILES string of the molecule is Cc1cc(C(=O)N2CCN(c3nccs3)CC2)sc1-c1ccc(F)cc1. The Balaban J connectivity index is 1.47. The topological polar surface area (TPSA) is 36.4 Å². The van der Waals surface area contributed by atoms with E-state index >= 15 is 0 Å². The molecule has 0 N–H and O–H groups in total. The minimum absolute atomic E-state index is 0.0743. The molecule has 0 radical (unpaired) electrons. The fraction of sp³-hybridized carbons (Fsp3) is 0.263. The second-order valence-electron chi connectivity index (χ2n) is 6.22. The Hall–Kier alpha value is -2.25. The van der Waals surface area contributed by atoms with E-state index < -0.39 is 0 Å². The first-order chi connectivity index (χ1) is 12.6. The summed E-state index contributed by atoms with van der Waals surface area (Å²) in [6.45, 7) is 4.98. The molecule has 0 saturated carbocycles. The van der Waals surface area contributed by atoms with Crippen molar-refractivity contribution in [2.45, 2.75) is 6.92 Å². The third kappa shape index (κ3) is 3.37. The standard InChI is InChI=1S/C19H18FN3OS2/c1-13-12-16(26-17(13)14-2-4-15(20)5-3-14)18(24)22-7-9-23(10-8-22)19-21-6-11-25-19/h2-6,11-12H,7-10H2,1H3. The number of thiophene rings is 1. The number of nitrogens with zero attached hydrogens (tertiary/aromatic N) is 3. The lowest BCUT2D eigenvalue weighted by molar-refractivity contribution is 0.0751. The Morgan fingerprint density at radius 1 is 1.15 bits per heavy atom. The number of rotatable bonds is 3. The van der Waals surface area contributed by atoms with Crippen molar-refractivity contribution in [3.63, 3.8) is 0 Å². The van der Waals surface area contributed by atoms with Crippen molar-refractivity contribution >= 4 is 33.7 Å². The lowest BCUT2D eigenvalue weighted by Gasteiger charge is -2.34. The number of thiazole rings is 1. The first-order valence-electron chi connectivity index (χ1n) is 8.42. The summed E-state index contributed by atoms with van der Waals surface area (Å²) in [4.78, 5) is 23.1. The third-order valence-corrected chi connectivity index (χ3v) is 6.60. The molecule has 0 aliphatic carbocycles. The van der Waals surface area contributed by atoms with Gasteiger partial charge in [-0.1, -0.05) is 12.1 Å². The molecule has 4 rings (SSSR count). The quantitative estimate of drug-likeness (QED) is 0.673. The highest BCUT2D eigenvalue weighted by molar-refractivity contribution is 7.17. The molecule has 1 aromatic carbocycles.